The number of hydrogen-bond acceptors (Lipinski definition) is 7. The number of rotatable bonds is 10. The number of hydrogen-bond donors (Lipinski definition) is 2. The summed E-state index contributed by atoms with van der Waals surface area (Å²) in [4.78, 5) is 22.7. The topological polar surface area (TPSA) is 96.8 Å². The van der Waals surface area contributed by atoms with Gasteiger partial charge in [-0.1, -0.05) is 19.1 Å². The summed E-state index contributed by atoms with van der Waals surface area (Å²) in [6.45, 7) is 5.10. The third kappa shape index (κ3) is 5.40. The molecule has 0 aliphatic heterocycles. The van der Waals surface area contributed by atoms with Crippen LogP contribution in [-0.2, 0) is 4.79 Å². The second kappa shape index (κ2) is 10.6. The van der Waals surface area contributed by atoms with Gasteiger partial charge >= 0.3 is 0 Å². The van der Waals surface area contributed by atoms with Gasteiger partial charge in [0.15, 0.2) is 11.5 Å². The lowest BCUT2D eigenvalue weighted by molar-refractivity contribution is -0.129. The van der Waals surface area contributed by atoms with Gasteiger partial charge in [0.1, 0.15) is 11.6 Å². The van der Waals surface area contributed by atoms with Crippen molar-refractivity contribution in [3.63, 3.8) is 0 Å². The lowest BCUT2D eigenvalue weighted by Crippen LogP contribution is -2.20. The second-order valence-electron chi connectivity index (χ2n) is 7.09. The van der Waals surface area contributed by atoms with E-state index in [9.17, 15) is 4.79 Å². The minimum Gasteiger partial charge on any atom is -0.493 e. The number of aryl methyl sites for hydroxylation is 1. The molecule has 0 spiro atoms. The van der Waals surface area contributed by atoms with Gasteiger partial charge in [0, 0.05) is 30.1 Å². The van der Waals surface area contributed by atoms with E-state index in [0.29, 0.717) is 30.4 Å². The summed E-state index contributed by atoms with van der Waals surface area (Å²) >= 11 is 0. The van der Waals surface area contributed by atoms with Crippen molar-refractivity contribution in [2.75, 3.05) is 25.2 Å². The van der Waals surface area contributed by atoms with Crippen LogP contribution in [0.25, 0.3) is 10.9 Å². The van der Waals surface area contributed by atoms with Gasteiger partial charge in [-0.05, 0) is 44.0 Å². The molecule has 0 fully saturated rings. The molecule has 0 saturated carbocycles. The number of ether oxygens (including phenoxy) is 2. The number of nitrogens with zero attached hydrogens (tertiary/aromatic N) is 3. The van der Waals surface area contributed by atoms with Gasteiger partial charge in [-0.15, -0.1) is 0 Å². The van der Waals surface area contributed by atoms with Crippen molar-refractivity contribution in [1.82, 2.24) is 15.4 Å². The monoisotopic (exact) mass is 424 g/mol. The van der Waals surface area contributed by atoms with E-state index in [4.69, 9.17) is 19.7 Å². The molecule has 0 aliphatic rings. The van der Waals surface area contributed by atoms with Crippen LogP contribution in [0.15, 0.2) is 42.5 Å². The Balaban J connectivity index is 1.94. The highest BCUT2D eigenvalue weighted by atomic mass is 16.5. The number of anilines is 2. The van der Waals surface area contributed by atoms with Crippen molar-refractivity contribution in [3.8, 4) is 11.5 Å². The quantitative estimate of drug-likeness (QED) is 0.287. The van der Waals surface area contributed by atoms with Crippen LogP contribution in [0, 0.1) is 6.92 Å². The highest BCUT2D eigenvalue weighted by Crippen LogP contribution is 2.36. The van der Waals surface area contributed by atoms with E-state index in [0.717, 1.165) is 35.4 Å². The molecule has 0 aliphatic carbocycles. The maximum Gasteiger partial charge on any atom is 0.243 e. The molecule has 0 unspecified atom stereocenters. The van der Waals surface area contributed by atoms with Gasteiger partial charge in [-0.25, -0.2) is 15.4 Å². The van der Waals surface area contributed by atoms with E-state index in [1.165, 1.54) is 0 Å². The first-order valence-electron chi connectivity index (χ1n) is 10.3. The SMILES string of the molecule is CCCN(c1ccc(OC)c(OCCCC(=O)NO)c1)c1nc(C)nc2ccccc12. The third-order valence-corrected chi connectivity index (χ3v) is 4.79. The predicted molar refractivity (Wildman–Crippen MR) is 119 cm³/mol. The summed E-state index contributed by atoms with van der Waals surface area (Å²) in [7, 11) is 1.59. The first-order chi connectivity index (χ1) is 15.1. The zero-order chi connectivity index (χ0) is 22.2. The van der Waals surface area contributed by atoms with Crippen LogP contribution in [0.5, 0.6) is 11.5 Å². The van der Waals surface area contributed by atoms with E-state index in [-0.39, 0.29) is 6.42 Å². The van der Waals surface area contributed by atoms with E-state index in [1.807, 2.05) is 49.4 Å². The standard InChI is InChI=1S/C23H28N4O4/c1-4-13-27(23-18-8-5-6-9-19(18)24-16(2)25-23)17-11-12-20(30-3)21(15-17)31-14-7-10-22(28)26-29/h5-6,8-9,11-12,15,29H,4,7,10,13-14H2,1-3H3,(H,26,28). The first-order valence-corrected chi connectivity index (χ1v) is 10.3. The average molecular weight is 425 g/mol. The largest absolute Gasteiger partial charge is 0.493 e. The highest BCUT2D eigenvalue weighted by molar-refractivity contribution is 5.91. The Morgan fingerprint density at radius 2 is 1.97 bits per heavy atom. The van der Waals surface area contributed by atoms with Gasteiger partial charge < -0.3 is 14.4 Å². The molecule has 164 valence electrons. The minimum absolute atomic E-state index is 0.173. The fourth-order valence-electron chi connectivity index (χ4n) is 3.38. The van der Waals surface area contributed by atoms with Crippen molar-refractivity contribution in [3.05, 3.63) is 48.3 Å². The zero-order valence-electron chi connectivity index (χ0n) is 18.1. The second-order valence-corrected chi connectivity index (χ2v) is 7.09. The maximum atomic E-state index is 11.2. The Bertz CT molecular complexity index is 1040. The molecule has 0 bridgehead atoms. The molecule has 2 aromatic carbocycles. The molecular formula is C23H28N4O4. The fraction of sp³-hybridized carbons (Fsp3) is 0.348. The highest BCUT2D eigenvalue weighted by Gasteiger charge is 2.17. The van der Waals surface area contributed by atoms with Crippen LogP contribution in [0.1, 0.15) is 32.0 Å². The van der Waals surface area contributed by atoms with Crippen LogP contribution in [0.4, 0.5) is 11.5 Å². The van der Waals surface area contributed by atoms with E-state index in [1.54, 1.807) is 12.6 Å². The van der Waals surface area contributed by atoms with Crippen LogP contribution < -0.4 is 19.9 Å². The summed E-state index contributed by atoms with van der Waals surface area (Å²) in [6.07, 6.45) is 1.57. The van der Waals surface area contributed by atoms with Crippen LogP contribution in [0.3, 0.4) is 0 Å². The number of benzene rings is 2. The van der Waals surface area contributed by atoms with Crippen LogP contribution >= 0.6 is 0 Å². The molecule has 0 radical (unpaired) electrons. The van der Waals surface area contributed by atoms with Crippen molar-refractivity contribution in [1.29, 1.82) is 0 Å². The van der Waals surface area contributed by atoms with E-state index in [2.05, 4.69) is 16.8 Å². The molecule has 1 aromatic heterocycles. The molecule has 0 atom stereocenters. The Labute approximate surface area is 181 Å². The minimum atomic E-state index is -0.440. The molecule has 2 N–H and O–H groups in total. The maximum absolute atomic E-state index is 11.2. The smallest absolute Gasteiger partial charge is 0.243 e. The molecule has 1 heterocycles. The number of amides is 1. The molecule has 8 heteroatoms. The van der Waals surface area contributed by atoms with Crippen molar-refractivity contribution < 1.29 is 19.5 Å². The summed E-state index contributed by atoms with van der Waals surface area (Å²) in [6, 6.07) is 13.7. The molecule has 8 nitrogen and oxygen atoms in total. The summed E-state index contributed by atoms with van der Waals surface area (Å²) in [5.41, 5.74) is 3.45. The average Bonchev–Trinajstić information content (AvgIpc) is 2.79. The number of methoxy groups -OCH3 is 1. The Morgan fingerprint density at radius 3 is 2.71 bits per heavy atom. The van der Waals surface area contributed by atoms with Gasteiger partial charge in [0.25, 0.3) is 0 Å². The number of hydroxylamine groups is 1. The zero-order valence-corrected chi connectivity index (χ0v) is 18.1. The van der Waals surface area contributed by atoms with Gasteiger partial charge in [-0.2, -0.15) is 0 Å². The van der Waals surface area contributed by atoms with Crippen LogP contribution in [0.2, 0.25) is 0 Å². The molecule has 31 heavy (non-hydrogen) atoms. The van der Waals surface area contributed by atoms with E-state index < -0.39 is 5.91 Å². The van der Waals surface area contributed by atoms with Crippen molar-refractivity contribution in [2.45, 2.75) is 33.1 Å². The summed E-state index contributed by atoms with van der Waals surface area (Å²) in [5.74, 6) is 2.31. The Kier molecular flexibility index (Phi) is 7.61. The first kappa shape index (κ1) is 22.3. The lowest BCUT2D eigenvalue weighted by atomic mass is 10.2. The number of fused-ring (bicyclic) bond motifs is 1. The van der Waals surface area contributed by atoms with Crippen molar-refractivity contribution in [2.24, 2.45) is 0 Å². The van der Waals surface area contributed by atoms with Gasteiger partial charge in [0.05, 0.1) is 19.2 Å². The molecule has 3 aromatic rings. The van der Waals surface area contributed by atoms with Gasteiger partial charge in [-0.3, -0.25) is 10.0 Å². The Hall–Kier alpha value is -3.39. The number of carbonyl (C=O) groups is 1. The third-order valence-electron chi connectivity index (χ3n) is 4.79. The van der Waals surface area contributed by atoms with Gasteiger partial charge in [0.2, 0.25) is 5.91 Å². The number of aromatic nitrogens is 2. The molecular weight excluding hydrogens is 396 g/mol. The fourth-order valence-corrected chi connectivity index (χ4v) is 3.38. The van der Waals surface area contributed by atoms with E-state index >= 15 is 0 Å². The van der Waals surface area contributed by atoms with Crippen LogP contribution in [-0.4, -0.2) is 41.3 Å². The summed E-state index contributed by atoms with van der Waals surface area (Å²) < 4.78 is 11.3. The normalized spacial score (nSPS) is 10.7. The van der Waals surface area contributed by atoms with Crippen molar-refractivity contribution >= 4 is 28.3 Å². The number of carbonyl (C=O) groups excluding carboxylic acids is 1. The number of para-hydroxylation sites is 1. The number of nitrogens with one attached hydrogen (secondary N) is 1. The molecule has 3 rings (SSSR count). The lowest BCUT2D eigenvalue weighted by Gasteiger charge is -2.26. The predicted octanol–water partition coefficient (Wildman–Crippen LogP) is 4.16. The molecule has 1 amide bonds. The Morgan fingerprint density at radius 1 is 1.16 bits per heavy atom. The molecule has 0 saturated heterocycles. The summed E-state index contributed by atoms with van der Waals surface area (Å²) in [5, 5.41) is 9.59.